The molecule has 20 heavy (non-hydrogen) atoms. The lowest BCUT2D eigenvalue weighted by molar-refractivity contribution is 0.102. The van der Waals surface area contributed by atoms with Crippen molar-refractivity contribution in [3.05, 3.63) is 45.7 Å². The Morgan fingerprint density at radius 3 is 2.75 bits per heavy atom. The van der Waals surface area contributed by atoms with Crippen molar-refractivity contribution in [2.75, 3.05) is 19.4 Å². The van der Waals surface area contributed by atoms with Crippen LogP contribution < -0.4 is 5.32 Å². The quantitative estimate of drug-likeness (QED) is 0.942. The number of carbonyl (C=O) groups excluding carboxylic acids is 1. The fraction of sp³-hybridized carbons (Fsp3) is 0.286. The maximum absolute atomic E-state index is 13.5. The smallest absolute Gasteiger partial charge is 0.267 e. The molecule has 1 N–H and O–H groups in total. The highest BCUT2D eigenvalue weighted by atomic mass is 32.1. The van der Waals surface area contributed by atoms with Gasteiger partial charge >= 0.3 is 0 Å². The number of thiazole rings is 1. The molecular weight excluding hydrogens is 277 g/mol. The Bertz CT molecular complexity index is 625. The largest absolute Gasteiger partial charge is 0.319 e. The van der Waals surface area contributed by atoms with Gasteiger partial charge in [0.05, 0.1) is 11.4 Å². The fourth-order valence-electron chi connectivity index (χ4n) is 1.74. The minimum atomic E-state index is -0.448. The molecule has 0 atom stereocenters. The average Bonchev–Trinajstić information content (AvgIpc) is 2.72. The van der Waals surface area contributed by atoms with Gasteiger partial charge in [-0.25, -0.2) is 9.37 Å². The van der Waals surface area contributed by atoms with Gasteiger partial charge in [0.2, 0.25) is 0 Å². The number of hydrogen-bond donors (Lipinski definition) is 1. The highest BCUT2D eigenvalue weighted by Crippen LogP contribution is 2.21. The monoisotopic (exact) mass is 293 g/mol. The van der Waals surface area contributed by atoms with Gasteiger partial charge in [-0.3, -0.25) is 4.79 Å². The van der Waals surface area contributed by atoms with Crippen LogP contribution in [0.2, 0.25) is 0 Å². The van der Waals surface area contributed by atoms with Crippen molar-refractivity contribution in [1.29, 1.82) is 0 Å². The standard InChI is InChI=1S/C14H16FN3OS/c1-9-13(20-12(16-9)8-18(2)3)14(19)17-11-7-5-4-6-10(11)15/h4-7H,8H2,1-3H3,(H,17,19). The SMILES string of the molecule is Cc1nc(CN(C)C)sc1C(=O)Nc1ccccc1F. The molecule has 0 radical (unpaired) electrons. The number of carbonyl (C=O) groups is 1. The predicted octanol–water partition coefficient (Wildman–Crippen LogP) is 2.90. The lowest BCUT2D eigenvalue weighted by Gasteiger charge is -2.05. The van der Waals surface area contributed by atoms with Crippen LogP contribution in [0.3, 0.4) is 0 Å². The predicted molar refractivity (Wildman–Crippen MR) is 78.6 cm³/mol. The van der Waals surface area contributed by atoms with E-state index in [-0.39, 0.29) is 11.6 Å². The van der Waals surface area contributed by atoms with Crippen molar-refractivity contribution in [1.82, 2.24) is 9.88 Å². The number of para-hydroxylation sites is 1. The summed E-state index contributed by atoms with van der Waals surface area (Å²) in [5.74, 6) is -0.772. The molecule has 0 fully saturated rings. The third-order valence-electron chi connectivity index (χ3n) is 2.62. The third kappa shape index (κ3) is 3.40. The molecule has 1 heterocycles. The first-order valence-corrected chi connectivity index (χ1v) is 6.96. The number of rotatable bonds is 4. The normalized spacial score (nSPS) is 10.8. The van der Waals surface area contributed by atoms with E-state index in [1.54, 1.807) is 19.1 Å². The third-order valence-corrected chi connectivity index (χ3v) is 3.76. The van der Waals surface area contributed by atoms with Crippen molar-refractivity contribution in [3.63, 3.8) is 0 Å². The van der Waals surface area contributed by atoms with Crippen LogP contribution in [0.4, 0.5) is 10.1 Å². The van der Waals surface area contributed by atoms with Crippen LogP contribution in [-0.4, -0.2) is 29.9 Å². The van der Waals surface area contributed by atoms with E-state index in [2.05, 4.69) is 10.3 Å². The summed E-state index contributed by atoms with van der Waals surface area (Å²) in [6, 6.07) is 6.10. The Balaban J connectivity index is 2.17. The molecule has 2 rings (SSSR count). The first kappa shape index (κ1) is 14.6. The molecule has 0 saturated carbocycles. The van der Waals surface area contributed by atoms with E-state index in [9.17, 15) is 9.18 Å². The maximum Gasteiger partial charge on any atom is 0.267 e. The van der Waals surface area contributed by atoms with Gasteiger partial charge in [-0.2, -0.15) is 0 Å². The highest BCUT2D eigenvalue weighted by Gasteiger charge is 2.16. The van der Waals surface area contributed by atoms with Crippen LogP contribution in [0, 0.1) is 12.7 Å². The minimum Gasteiger partial charge on any atom is -0.319 e. The molecule has 0 unspecified atom stereocenters. The number of amides is 1. The van der Waals surface area contributed by atoms with Gasteiger partial charge in [-0.05, 0) is 33.2 Å². The van der Waals surface area contributed by atoms with E-state index in [0.717, 1.165) is 5.01 Å². The van der Waals surface area contributed by atoms with E-state index >= 15 is 0 Å². The second-order valence-electron chi connectivity index (χ2n) is 4.69. The Hall–Kier alpha value is -1.79. The van der Waals surface area contributed by atoms with Gasteiger partial charge in [0, 0.05) is 6.54 Å². The molecule has 0 aliphatic rings. The van der Waals surface area contributed by atoms with Crippen molar-refractivity contribution in [2.24, 2.45) is 0 Å². The summed E-state index contributed by atoms with van der Waals surface area (Å²) in [5, 5.41) is 3.44. The summed E-state index contributed by atoms with van der Waals surface area (Å²) >= 11 is 1.33. The van der Waals surface area contributed by atoms with Gasteiger partial charge in [0.15, 0.2) is 0 Å². The summed E-state index contributed by atoms with van der Waals surface area (Å²) in [6.07, 6.45) is 0. The molecule has 0 saturated heterocycles. The van der Waals surface area contributed by atoms with Gasteiger partial charge in [0.25, 0.3) is 5.91 Å². The number of nitrogens with zero attached hydrogens (tertiary/aromatic N) is 2. The van der Waals surface area contributed by atoms with E-state index in [1.807, 2.05) is 19.0 Å². The molecule has 1 aromatic heterocycles. The maximum atomic E-state index is 13.5. The van der Waals surface area contributed by atoms with Crippen LogP contribution >= 0.6 is 11.3 Å². The molecular formula is C14H16FN3OS. The molecule has 0 spiro atoms. The molecule has 1 aromatic carbocycles. The summed E-state index contributed by atoms with van der Waals surface area (Å²) in [4.78, 5) is 19.0. The van der Waals surface area contributed by atoms with E-state index < -0.39 is 5.82 Å². The Morgan fingerprint density at radius 2 is 2.10 bits per heavy atom. The lowest BCUT2D eigenvalue weighted by Crippen LogP contribution is -2.12. The van der Waals surface area contributed by atoms with E-state index in [4.69, 9.17) is 0 Å². The van der Waals surface area contributed by atoms with Crippen LogP contribution in [-0.2, 0) is 6.54 Å². The summed E-state index contributed by atoms with van der Waals surface area (Å²) in [6.45, 7) is 2.46. The zero-order chi connectivity index (χ0) is 14.7. The van der Waals surface area contributed by atoms with Crippen LogP contribution in [0.15, 0.2) is 24.3 Å². The van der Waals surface area contributed by atoms with E-state index in [0.29, 0.717) is 17.1 Å². The number of aromatic nitrogens is 1. The molecule has 106 valence electrons. The van der Waals surface area contributed by atoms with Crippen molar-refractivity contribution in [2.45, 2.75) is 13.5 Å². The first-order chi connectivity index (χ1) is 9.47. The van der Waals surface area contributed by atoms with Crippen molar-refractivity contribution >= 4 is 22.9 Å². The second-order valence-corrected chi connectivity index (χ2v) is 5.78. The molecule has 1 amide bonds. The van der Waals surface area contributed by atoms with Crippen LogP contribution in [0.1, 0.15) is 20.4 Å². The van der Waals surface area contributed by atoms with Crippen molar-refractivity contribution < 1.29 is 9.18 Å². The molecule has 2 aromatic rings. The van der Waals surface area contributed by atoms with Gasteiger partial charge in [-0.15, -0.1) is 11.3 Å². The van der Waals surface area contributed by atoms with Crippen LogP contribution in [0.25, 0.3) is 0 Å². The number of anilines is 1. The average molecular weight is 293 g/mol. The topological polar surface area (TPSA) is 45.2 Å². The minimum absolute atomic E-state index is 0.180. The molecule has 0 aliphatic carbocycles. The fourth-order valence-corrected chi connectivity index (χ4v) is 2.82. The van der Waals surface area contributed by atoms with Gasteiger partial charge in [-0.1, -0.05) is 12.1 Å². The zero-order valence-electron chi connectivity index (χ0n) is 11.6. The molecule has 6 heteroatoms. The Labute approximate surface area is 121 Å². The number of hydrogen-bond acceptors (Lipinski definition) is 4. The molecule has 0 aliphatic heterocycles. The first-order valence-electron chi connectivity index (χ1n) is 6.14. The number of aryl methyl sites for hydroxylation is 1. The van der Waals surface area contributed by atoms with Gasteiger partial charge in [0.1, 0.15) is 15.7 Å². The number of halogens is 1. The molecule has 4 nitrogen and oxygen atoms in total. The Kier molecular flexibility index (Phi) is 4.46. The van der Waals surface area contributed by atoms with Gasteiger partial charge < -0.3 is 10.2 Å². The zero-order valence-corrected chi connectivity index (χ0v) is 12.4. The second kappa shape index (κ2) is 6.11. The summed E-state index contributed by atoms with van der Waals surface area (Å²) in [7, 11) is 3.88. The number of nitrogens with one attached hydrogen (secondary N) is 1. The Morgan fingerprint density at radius 1 is 1.40 bits per heavy atom. The molecule has 0 bridgehead atoms. The lowest BCUT2D eigenvalue weighted by atomic mass is 10.3. The van der Waals surface area contributed by atoms with Crippen LogP contribution in [0.5, 0.6) is 0 Å². The van der Waals surface area contributed by atoms with E-state index in [1.165, 1.54) is 23.5 Å². The summed E-state index contributed by atoms with van der Waals surface area (Å²) < 4.78 is 13.5. The van der Waals surface area contributed by atoms with Crippen molar-refractivity contribution in [3.8, 4) is 0 Å². The highest BCUT2D eigenvalue weighted by molar-refractivity contribution is 7.13. The number of benzene rings is 1. The summed E-state index contributed by atoms with van der Waals surface area (Å²) in [5.41, 5.74) is 0.847.